The zero-order valence-corrected chi connectivity index (χ0v) is 9.52. The van der Waals surface area contributed by atoms with Crippen LogP contribution in [0.25, 0.3) is 0 Å². The minimum atomic E-state index is -1.09. The van der Waals surface area contributed by atoms with Gasteiger partial charge in [0.15, 0.2) is 0 Å². The van der Waals surface area contributed by atoms with Crippen molar-refractivity contribution in [1.82, 2.24) is 4.90 Å². The number of amides is 1. The molecule has 7 heteroatoms. The molecule has 0 saturated heterocycles. The van der Waals surface area contributed by atoms with Crippen molar-refractivity contribution in [3.05, 3.63) is 0 Å². The normalized spacial score (nSPS) is 11.9. The molecule has 5 nitrogen and oxygen atoms in total. The lowest BCUT2D eigenvalue weighted by molar-refractivity contribution is -0.137. The number of aliphatic carboxylic acids is 1. The first-order valence-electron chi connectivity index (χ1n) is 3.73. The number of rotatable bonds is 4. The van der Waals surface area contributed by atoms with E-state index in [1.54, 1.807) is 19.0 Å². The second-order valence-electron chi connectivity index (χ2n) is 2.78. The number of nitrogens with zero attached hydrogens (tertiary/aromatic N) is 1. The highest BCUT2D eigenvalue weighted by atomic mass is 32.2. The second-order valence-corrected chi connectivity index (χ2v) is 4.61. The molecule has 0 aliphatic rings. The third-order valence-corrected chi connectivity index (χ3v) is 3.14. The van der Waals surface area contributed by atoms with E-state index in [1.807, 2.05) is 0 Å². The summed E-state index contributed by atoms with van der Waals surface area (Å²) in [4.78, 5) is 22.8. The monoisotopic (exact) mass is 236 g/mol. The molecule has 0 fully saturated rings. The first kappa shape index (κ1) is 13.2. The number of nitrogens with two attached hydrogens (primary N) is 1. The van der Waals surface area contributed by atoms with Crippen LogP contribution in [-0.2, 0) is 9.59 Å². The molecule has 0 aliphatic heterocycles. The summed E-state index contributed by atoms with van der Waals surface area (Å²) in [6, 6.07) is 0. The summed E-state index contributed by atoms with van der Waals surface area (Å²) in [5, 5.41) is 7.85. The lowest BCUT2D eigenvalue weighted by atomic mass is 10.3. The highest BCUT2D eigenvalue weighted by molar-refractivity contribution is 8.23. The summed E-state index contributed by atoms with van der Waals surface area (Å²) >= 11 is 5.85. The summed E-state index contributed by atoms with van der Waals surface area (Å²) < 4.78 is 0.415. The van der Waals surface area contributed by atoms with Crippen LogP contribution in [0.2, 0.25) is 0 Å². The average molecular weight is 236 g/mol. The first-order chi connectivity index (χ1) is 6.34. The highest BCUT2D eigenvalue weighted by Gasteiger charge is 2.22. The molecular formula is C7H12N2O3S2. The van der Waals surface area contributed by atoms with Crippen molar-refractivity contribution >= 4 is 40.2 Å². The van der Waals surface area contributed by atoms with Crippen LogP contribution in [0.5, 0.6) is 0 Å². The predicted octanol–water partition coefficient (Wildman–Crippen LogP) is -0.105. The van der Waals surface area contributed by atoms with Crippen molar-refractivity contribution in [1.29, 1.82) is 0 Å². The fraction of sp³-hybridized carbons (Fsp3) is 0.571. The Balaban J connectivity index is 4.31. The van der Waals surface area contributed by atoms with E-state index in [1.165, 1.54) is 0 Å². The van der Waals surface area contributed by atoms with Gasteiger partial charge in [-0.3, -0.25) is 9.59 Å². The minimum absolute atomic E-state index is 0.214. The van der Waals surface area contributed by atoms with Crippen molar-refractivity contribution in [2.45, 2.75) is 11.7 Å². The fourth-order valence-corrected chi connectivity index (χ4v) is 1.74. The molecule has 0 radical (unpaired) electrons. The van der Waals surface area contributed by atoms with Crippen LogP contribution in [-0.4, -0.2) is 45.5 Å². The van der Waals surface area contributed by atoms with E-state index in [9.17, 15) is 9.59 Å². The molecule has 0 heterocycles. The number of primary amides is 1. The summed E-state index contributed by atoms with van der Waals surface area (Å²) in [5.74, 6) is -1.73. The molecule has 0 aromatic rings. The Bertz CT molecular complexity index is 255. The van der Waals surface area contributed by atoms with Gasteiger partial charge in [-0.15, -0.1) is 0 Å². The summed E-state index contributed by atoms with van der Waals surface area (Å²) in [7, 11) is 3.41. The summed E-state index contributed by atoms with van der Waals surface area (Å²) in [5.41, 5.74) is 4.91. The van der Waals surface area contributed by atoms with E-state index in [0.717, 1.165) is 11.8 Å². The van der Waals surface area contributed by atoms with Gasteiger partial charge in [-0.2, -0.15) is 0 Å². The number of hydrogen-bond acceptors (Lipinski definition) is 4. The number of carboxylic acid groups (broad SMARTS) is 1. The van der Waals surface area contributed by atoms with Crippen LogP contribution in [0.1, 0.15) is 6.42 Å². The van der Waals surface area contributed by atoms with Crippen molar-refractivity contribution in [3.63, 3.8) is 0 Å². The molecule has 80 valence electrons. The lowest BCUT2D eigenvalue weighted by Crippen LogP contribution is -2.28. The van der Waals surface area contributed by atoms with Gasteiger partial charge in [-0.1, -0.05) is 24.0 Å². The quantitative estimate of drug-likeness (QED) is 0.663. The Morgan fingerprint density at radius 2 is 2.07 bits per heavy atom. The van der Waals surface area contributed by atoms with Crippen LogP contribution < -0.4 is 5.73 Å². The maximum atomic E-state index is 10.7. The number of carboxylic acids is 1. The molecule has 0 aliphatic carbocycles. The van der Waals surface area contributed by atoms with Crippen LogP contribution in [0.15, 0.2) is 0 Å². The Hall–Kier alpha value is -0.820. The molecule has 0 unspecified atom stereocenters. The topological polar surface area (TPSA) is 83.6 Å². The van der Waals surface area contributed by atoms with E-state index in [4.69, 9.17) is 23.1 Å². The highest BCUT2D eigenvalue weighted by Crippen LogP contribution is 2.18. The lowest BCUT2D eigenvalue weighted by Gasteiger charge is -2.16. The molecule has 0 aromatic carbocycles. The van der Waals surface area contributed by atoms with Gasteiger partial charge < -0.3 is 15.7 Å². The van der Waals surface area contributed by atoms with Crippen LogP contribution in [0.3, 0.4) is 0 Å². The molecule has 0 aromatic heterocycles. The zero-order chi connectivity index (χ0) is 11.3. The molecule has 0 rings (SSSR count). The largest absolute Gasteiger partial charge is 0.480 e. The van der Waals surface area contributed by atoms with Gasteiger partial charge in [-0.05, 0) is 0 Å². The van der Waals surface area contributed by atoms with Crippen molar-refractivity contribution < 1.29 is 14.7 Å². The predicted molar refractivity (Wildman–Crippen MR) is 59.1 cm³/mol. The van der Waals surface area contributed by atoms with E-state index in [0.29, 0.717) is 4.32 Å². The van der Waals surface area contributed by atoms with Crippen LogP contribution in [0.4, 0.5) is 0 Å². The second kappa shape index (κ2) is 5.82. The summed E-state index contributed by atoms with van der Waals surface area (Å²) in [6.07, 6.45) is -0.214. The number of carbonyl (C=O) groups excluding carboxylic acids is 1. The van der Waals surface area contributed by atoms with Gasteiger partial charge in [-0.25, -0.2) is 0 Å². The molecule has 14 heavy (non-hydrogen) atoms. The maximum absolute atomic E-state index is 10.7. The molecule has 3 N–H and O–H groups in total. The van der Waals surface area contributed by atoms with Gasteiger partial charge >= 0.3 is 5.97 Å². The first-order valence-corrected chi connectivity index (χ1v) is 5.02. The van der Waals surface area contributed by atoms with Gasteiger partial charge in [0.1, 0.15) is 9.57 Å². The Morgan fingerprint density at radius 1 is 1.57 bits per heavy atom. The molecular weight excluding hydrogens is 224 g/mol. The third-order valence-electron chi connectivity index (χ3n) is 1.27. The molecule has 1 amide bonds. The molecule has 1 atom stereocenters. The van der Waals surface area contributed by atoms with E-state index in [2.05, 4.69) is 0 Å². The van der Waals surface area contributed by atoms with E-state index >= 15 is 0 Å². The zero-order valence-electron chi connectivity index (χ0n) is 7.89. The summed E-state index contributed by atoms with van der Waals surface area (Å²) in [6.45, 7) is 0. The van der Waals surface area contributed by atoms with Gasteiger partial charge in [0.05, 0.1) is 0 Å². The SMILES string of the molecule is CN(C)C(=S)S[C@@H](CC(N)=O)C(=O)O. The average Bonchev–Trinajstić information content (AvgIpc) is 2.01. The van der Waals surface area contributed by atoms with Crippen molar-refractivity contribution in [2.24, 2.45) is 5.73 Å². The number of thiocarbonyl (C=S) groups is 1. The molecule has 0 bridgehead atoms. The fourth-order valence-electron chi connectivity index (χ4n) is 0.589. The minimum Gasteiger partial charge on any atom is -0.480 e. The van der Waals surface area contributed by atoms with Gasteiger partial charge in [0, 0.05) is 20.5 Å². The standard InChI is InChI=1S/C7H12N2O3S2/c1-9(2)7(13)14-4(6(11)12)3-5(8)10/h4H,3H2,1-2H3,(H2,8,10)(H,11,12)/t4-/m0/s1. The van der Waals surface area contributed by atoms with E-state index < -0.39 is 17.1 Å². The molecule has 0 saturated carbocycles. The Kier molecular flexibility index (Phi) is 5.47. The van der Waals surface area contributed by atoms with E-state index in [-0.39, 0.29) is 6.42 Å². The molecule has 0 spiro atoms. The van der Waals surface area contributed by atoms with Crippen molar-refractivity contribution in [2.75, 3.05) is 14.1 Å². The van der Waals surface area contributed by atoms with Gasteiger partial charge in [0.2, 0.25) is 5.91 Å². The number of thioether (sulfide) groups is 1. The Morgan fingerprint density at radius 3 is 2.36 bits per heavy atom. The maximum Gasteiger partial charge on any atom is 0.317 e. The Labute approximate surface area is 91.6 Å². The van der Waals surface area contributed by atoms with Crippen molar-refractivity contribution in [3.8, 4) is 0 Å². The number of carbonyl (C=O) groups is 2. The smallest absolute Gasteiger partial charge is 0.317 e. The van der Waals surface area contributed by atoms with Crippen LogP contribution >= 0.6 is 24.0 Å². The van der Waals surface area contributed by atoms with Gasteiger partial charge in [0.25, 0.3) is 0 Å². The number of hydrogen-bond donors (Lipinski definition) is 2. The third kappa shape index (κ3) is 5.03. The van der Waals surface area contributed by atoms with Crippen LogP contribution in [0, 0.1) is 0 Å².